The van der Waals surface area contributed by atoms with Crippen molar-refractivity contribution in [3.05, 3.63) is 54.5 Å². The predicted molar refractivity (Wildman–Crippen MR) is 117 cm³/mol. The summed E-state index contributed by atoms with van der Waals surface area (Å²) >= 11 is 0. The van der Waals surface area contributed by atoms with Gasteiger partial charge in [-0.3, -0.25) is 0 Å². The molecule has 1 saturated heterocycles. The van der Waals surface area contributed by atoms with Gasteiger partial charge in [-0.05, 0) is 42.7 Å². The molecule has 31 heavy (non-hydrogen) atoms. The second-order valence-electron chi connectivity index (χ2n) is 7.78. The van der Waals surface area contributed by atoms with E-state index in [2.05, 4.69) is 26.3 Å². The fourth-order valence-electron chi connectivity index (χ4n) is 4.16. The third-order valence-corrected chi connectivity index (χ3v) is 5.88. The summed E-state index contributed by atoms with van der Waals surface area (Å²) in [5.41, 5.74) is 8.46. The third kappa shape index (κ3) is 3.46. The van der Waals surface area contributed by atoms with Crippen molar-refractivity contribution >= 4 is 33.6 Å². The molecule has 1 aliphatic heterocycles. The lowest BCUT2D eigenvalue weighted by molar-refractivity contribution is -0.0364. The molecule has 160 valence electrons. The molecular weight excluding hydrogens is 396 g/mol. The van der Waals surface area contributed by atoms with Crippen molar-refractivity contribution in [1.82, 2.24) is 19.5 Å². The molecule has 5 rings (SSSR count). The summed E-state index contributed by atoms with van der Waals surface area (Å²) in [6, 6.07) is 11.9. The maximum Gasteiger partial charge on any atom is 0.164 e. The van der Waals surface area contributed by atoms with Gasteiger partial charge >= 0.3 is 0 Å². The quantitative estimate of drug-likeness (QED) is 0.385. The summed E-state index contributed by atoms with van der Waals surface area (Å²) < 4.78 is 7.76. The standard InChI is InChI=1S/C22H24N6O3/c1-24-17-7-5-13-4-2-12(10-15(13)27-17)3-6-16-18(29)19(30)22(31-16)28-9-8-14-20(23)25-11-26-21(14)28/h2,4-5,7-11,16,18-19,22,29-30H,3,6H2,1H3,(H,24,27)(H2,23,25,26)/t16-,18-,19-,22-/m1/s1. The Morgan fingerprint density at radius 2 is 1.97 bits per heavy atom. The van der Waals surface area contributed by atoms with E-state index in [1.165, 1.54) is 6.33 Å². The van der Waals surface area contributed by atoms with Gasteiger partial charge in [0.05, 0.1) is 17.0 Å². The number of hydrogen-bond donors (Lipinski definition) is 4. The van der Waals surface area contributed by atoms with E-state index in [1.54, 1.807) is 16.8 Å². The summed E-state index contributed by atoms with van der Waals surface area (Å²) in [5.74, 6) is 1.17. The van der Waals surface area contributed by atoms with Crippen molar-refractivity contribution < 1.29 is 14.9 Å². The lowest BCUT2D eigenvalue weighted by Crippen LogP contribution is -2.31. The molecule has 1 aliphatic rings. The van der Waals surface area contributed by atoms with Crippen LogP contribution in [-0.2, 0) is 11.2 Å². The van der Waals surface area contributed by atoms with Crippen LogP contribution < -0.4 is 11.1 Å². The lowest BCUT2D eigenvalue weighted by atomic mass is 10.0. The number of nitrogens with zero attached hydrogens (tertiary/aromatic N) is 4. The van der Waals surface area contributed by atoms with Crippen LogP contribution in [0.4, 0.5) is 11.6 Å². The summed E-state index contributed by atoms with van der Waals surface area (Å²) in [6.07, 6.45) is 1.02. The number of nitrogen functional groups attached to an aromatic ring is 1. The average Bonchev–Trinajstić information content (AvgIpc) is 3.34. The van der Waals surface area contributed by atoms with E-state index in [1.807, 2.05) is 31.3 Å². The molecule has 4 atom stereocenters. The van der Waals surface area contributed by atoms with Crippen molar-refractivity contribution in [2.75, 3.05) is 18.1 Å². The number of anilines is 2. The molecule has 0 spiro atoms. The van der Waals surface area contributed by atoms with E-state index in [4.69, 9.17) is 10.5 Å². The molecular formula is C22H24N6O3. The first kappa shape index (κ1) is 19.7. The van der Waals surface area contributed by atoms with E-state index in [0.717, 1.165) is 22.3 Å². The molecule has 0 radical (unpaired) electrons. The number of aliphatic hydroxyl groups excluding tert-OH is 2. The average molecular weight is 420 g/mol. The number of aryl methyl sites for hydroxylation is 1. The fourth-order valence-corrected chi connectivity index (χ4v) is 4.16. The summed E-state index contributed by atoms with van der Waals surface area (Å²) in [7, 11) is 1.84. The second-order valence-corrected chi connectivity index (χ2v) is 7.78. The van der Waals surface area contributed by atoms with Crippen molar-refractivity contribution in [2.45, 2.75) is 37.4 Å². The number of pyridine rings is 1. The molecule has 4 heterocycles. The summed E-state index contributed by atoms with van der Waals surface area (Å²) in [6.45, 7) is 0. The molecule has 0 aliphatic carbocycles. The van der Waals surface area contributed by atoms with E-state index in [0.29, 0.717) is 29.7 Å². The van der Waals surface area contributed by atoms with Gasteiger partial charge in [0.25, 0.3) is 0 Å². The lowest BCUT2D eigenvalue weighted by Gasteiger charge is -2.17. The molecule has 1 aromatic carbocycles. The monoisotopic (exact) mass is 420 g/mol. The van der Waals surface area contributed by atoms with Crippen LogP contribution in [0.3, 0.4) is 0 Å². The highest BCUT2D eigenvalue weighted by Crippen LogP contribution is 2.34. The number of nitrogens with one attached hydrogen (secondary N) is 1. The van der Waals surface area contributed by atoms with Crippen LogP contribution in [0.25, 0.3) is 21.9 Å². The Morgan fingerprint density at radius 3 is 2.81 bits per heavy atom. The van der Waals surface area contributed by atoms with Gasteiger partial charge in [-0.2, -0.15) is 0 Å². The molecule has 0 bridgehead atoms. The van der Waals surface area contributed by atoms with Crippen LogP contribution in [0, 0.1) is 0 Å². The van der Waals surface area contributed by atoms with Crippen molar-refractivity contribution in [1.29, 1.82) is 0 Å². The molecule has 9 heteroatoms. The van der Waals surface area contributed by atoms with Gasteiger partial charge in [-0.15, -0.1) is 0 Å². The molecule has 9 nitrogen and oxygen atoms in total. The molecule has 4 aromatic rings. The Morgan fingerprint density at radius 1 is 1.13 bits per heavy atom. The highest BCUT2D eigenvalue weighted by Gasteiger charge is 2.43. The number of ether oxygens (including phenoxy) is 1. The molecule has 0 saturated carbocycles. The van der Waals surface area contributed by atoms with Gasteiger partial charge in [0.15, 0.2) is 6.23 Å². The Balaban J connectivity index is 1.33. The van der Waals surface area contributed by atoms with Gasteiger partial charge in [0.1, 0.15) is 35.8 Å². The van der Waals surface area contributed by atoms with Gasteiger partial charge in [0, 0.05) is 18.6 Å². The Labute approximate surface area is 178 Å². The number of aliphatic hydroxyl groups is 2. The Kier molecular flexibility index (Phi) is 4.93. The van der Waals surface area contributed by atoms with Crippen molar-refractivity contribution in [3.63, 3.8) is 0 Å². The van der Waals surface area contributed by atoms with E-state index < -0.39 is 24.5 Å². The first-order valence-electron chi connectivity index (χ1n) is 10.2. The normalized spacial score (nSPS) is 23.6. The number of nitrogens with two attached hydrogens (primary N) is 1. The van der Waals surface area contributed by atoms with Gasteiger partial charge < -0.3 is 30.6 Å². The Bertz CT molecular complexity index is 1240. The summed E-state index contributed by atoms with van der Waals surface area (Å²) in [5, 5.41) is 26.0. The number of rotatable bonds is 5. The largest absolute Gasteiger partial charge is 0.388 e. The van der Waals surface area contributed by atoms with E-state index in [9.17, 15) is 10.2 Å². The first-order valence-corrected chi connectivity index (χ1v) is 10.2. The maximum absolute atomic E-state index is 10.6. The number of hydrogen-bond acceptors (Lipinski definition) is 8. The van der Waals surface area contributed by atoms with Gasteiger partial charge in [-0.1, -0.05) is 12.1 Å². The second kappa shape index (κ2) is 7.77. The van der Waals surface area contributed by atoms with Crippen LogP contribution in [0.5, 0.6) is 0 Å². The third-order valence-electron chi connectivity index (χ3n) is 5.88. The van der Waals surface area contributed by atoms with Crippen LogP contribution in [0.1, 0.15) is 18.2 Å². The number of aromatic nitrogens is 4. The smallest absolute Gasteiger partial charge is 0.164 e. The molecule has 1 fully saturated rings. The highest BCUT2D eigenvalue weighted by atomic mass is 16.6. The number of fused-ring (bicyclic) bond motifs is 2. The van der Waals surface area contributed by atoms with Crippen LogP contribution in [0.15, 0.2) is 48.9 Å². The van der Waals surface area contributed by atoms with Crippen molar-refractivity contribution in [3.8, 4) is 0 Å². The summed E-state index contributed by atoms with van der Waals surface area (Å²) in [4.78, 5) is 12.8. The molecule has 3 aromatic heterocycles. The number of benzene rings is 1. The zero-order chi connectivity index (χ0) is 21.5. The zero-order valence-corrected chi connectivity index (χ0v) is 17.0. The van der Waals surface area contributed by atoms with Crippen LogP contribution >= 0.6 is 0 Å². The first-order chi connectivity index (χ1) is 15.0. The van der Waals surface area contributed by atoms with E-state index >= 15 is 0 Å². The molecule has 0 unspecified atom stereocenters. The minimum Gasteiger partial charge on any atom is -0.388 e. The van der Waals surface area contributed by atoms with Crippen LogP contribution in [-0.4, -0.2) is 55.1 Å². The predicted octanol–water partition coefficient (Wildman–Crippen LogP) is 1.86. The zero-order valence-electron chi connectivity index (χ0n) is 17.0. The van der Waals surface area contributed by atoms with Gasteiger partial charge in [-0.25, -0.2) is 15.0 Å². The van der Waals surface area contributed by atoms with Crippen LogP contribution in [0.2, 0.25) is 0 Å². The molecule has 0 amide bonds. The topological polar surface area (TPSA) is 131 Å². The fraction of sp³-hybridized carbons (Fsp3) is 0.318. The Hall–Kier alpha value is -3.27. The van der Waals surface area contributed by atoms with Gasteiger partial charge in [0.2, 0.25) is 0 Å². The minimum absolute atomic E-state index is 0.361. The minimum atomic E-state index is -1.08. The van der Waals surface area contributed by atoms with Crippen molar-refractivity contribution in [2.24, 2.45) is 0 Å². The van der Waals surface area contributed by atoms with E-state index in [-0.39, 0.29) is 0 Å². The highest BCUT2D eigenvalue weighted by molar-refractivity contribution is 5.86. The maximum atomic E-state index is 10.6. The SMILES string of the molecule is CNc1ccc2ccc(CC[C@H]3O[C@@H](n4ccc5c(N)ncnc54)[C@H](O)[C@@H]3O)cc2n1. The molecule has 5 N–H and O–H groups in total.